The molecule has 1 fully saturated rings. The second-order valence-corrected chi connectivity index (χ2v) is 25.5. The van der Waals surface area contributed by atoms with Crippen LogP contribution in [0.25, 0.3) is 0 Å². The van der Waals surface area contributed by atoms with E-state index in [2.05, 4.69) is 67.7 Å². The maximum Gasteiger partial charge on any atom is 0.192 e. The first kappa shape index (κ1) is 34.3. The lowest BCUT2D eigenvalue weighted by molar-refractivity contribution is -0.111. The van der Waals surface area contributed by atoms with Crippen LogP contribution in [0.15, 0.2) is 35.2 Å². The standard InChI is InChI=1S/C29H52O7SSi2/c1-28(2,3)38(8,9)34-20-22(36-39(10,11)29(4,5)6)19-26-27(33-7)24(25(35-26)17-18-30)21-37(31,32)23-15-13-12-14-16-23/h12-16,18,22,24-27H,17,19-21H2,1-11H3/t22?,24?,25-,26?,27+/m0/s1. The Labute approximate surface area is 239 Å². The number of hydrogen-bond acceptors (Lipinski definition) is 7. The fourth-order valence-corrected chi connectivity index (χ4v) is 8.49. The monoisotopic (exact) mass is 600 g/mol. The zero-order valence-electron chi connectivity index (χ0n) is 25.9. The van der Waals surface area contributed by atoms with Crippen molar-refractivity contribution < 1.29 is 31.5 Å². The highest BCUT2D eigenvalue weighted by Crippen LogP contribution is 2.41. The summed E-state index contributed by atoms with van der Waals surface area (Å²) in [6.07, 6.45) is -0.307. The summed E-state index contributed by atoms with van der Waals surface area (Å²) < 4.78 is 52.4. The third kappa shape index (κ3) is 8.80. The molecule has 0 radical (unpaired) electrons. The largest absolute Gasteiger partial charge is 0.414 e. The SMILES string of the molecule is CO[C@H]1C(CC(CO[Si](C)(C)C(C)(C)C)O[Si](C)(C)C(C)(C)C)O[C@@H](CC=O)C1CS(=O)(=O)c1ccccc1. The van der Waals surface area contributed by atoms with E-state index < -0.39 is 50.7 Å². The van der Waals surface area contributed by atoms with E-state index in [1.807, 2.05) is 0 Å². The molecule has 1 saturated heterocycles. The third-order valence-corrected chi connectivity index (χ3v) is 19.8. The molecule has 39 heavy (non-hydrogen) atoms. The minimum Gasteiger partial charge on any atom is -0.414 e. The molecule has 0 spiro atoms. The number of hydrogen-bond donors (Lipinski definition) is 0. The maximum absolute atomic E-state index is 13.3. The predicted molar refractivity (Wildman–Crippen MR) is 162 cm³/mol. The molecule has 5 atom stereocenters. The summed E-state index contributed by atoms with van der Waals surface area (Å²) in [6, 6.07) is 8.40. The lowest BCUT2D eigenvalue weighted by Gasteiger charge is -2.42. The Morgan fingerprint density at radius 1 is 0.949 bits per heavy atom. The smallest absolute Gasteiger partial charge is 0.192 e. The molecule has 7 nitrogen and oxygen atoms in total. The van der Waals surface area contributed by atoms with Crippen LogP contribution in [0.4, 0.5) is 0 Å². The number of aldehydes is 1. The van der Waals surface area contributed by atoms with Gasteiger partial charge in [0.2, 0.25) is 0 Å². The van der Waals surface area contributed by atoms with E-state index in [0.29, 0.717) is 13.0 Å². The van der Waals surface area contributed by atoms with E-state index >= 15 is 0 Å². The Balaban J connectivity index is 2.35. The summed E-state index contributed by atoms with van der Waals surface area (Å²) in [7, 11) is -6.22. The van der Waals surface area contributed by atoms with E-state index in [1.165, 1.54) is 0 Å². The predicted octanol–water partition coefficient (Wildman–Crippen LogP) is 6.25. The number of sulfone groups is 1. The summed E-state index contributed by atoms with van der Waals surface area (Å²) in [6.45, 7) is 22.6. The number of benzene rings is 1. The third-order valence-electron chi connectivity index (χ3n) is 8.93. The maximum atomic E-state index is 13.3. The van der Waals surface area contributed by atoms with E-state index in [9.17, 15) is 13.2 Å². The highest BCUT2D eigenvalue weighted by atomic mass is 32.2. The van der Waals surface area contributed by atoms with E-state index in [-0.39, 0.29) is 33.2 Å². The highest BCUT2D eigenvalue weighted by Gasteiger charge is 2.49. The molecule has 0 aliphatic carbocycles. The number of methoxy groups -OCH3 is 1. The number of carbonyl (C=O) groups excluding carboxylic acids is 1. The van der Waals surface area contributed by atoms with Crippen molar-refractivity contribution in [3.63, 3.8) is 0 Å². The van der Waals surface area contributed by atoms with Gasteiger partial charge >= 0.3 is 0 Å². The minimum atomic E-state index is -3.60. The molecule has 0 bridgehead atoms. The molecule has 10 heteroatoms. The Morgan fingerprint density at radius 2 is 1.51 bits per heavy atom. The van der Waals surface area contributed by atoms with Gasteiger partial charge in [-0.2, -0.15) is 0 Å². The average molecular weight is 601 g/mol. The second kappa shape index (κ2) is 13.0. The molecule has 0 N–H and O–H groups in total. The van der Waals surface area contributed by atoms with E-state index in [0.717, 1.165) is 6.29 Å². The van der Waals surface area contributed by atoms with Crippen LogP contribution in [0.5, 0.6) is 0 Å². The van der Waals surface area contributed by atoms with Gasteiger partial charge in [-0.05, 0) is 48.4 Å². The van der Waals surface area contributed by atoms with Crippen molar-refractivity contribution in [2.75, 3.05) is 19.5 Å². The Bertz CT molecular complexity index is 1030. The Morgan fingerprint density at radius 3 is 2.00 bits per heavy atom. The molecular formula is C29H52O7SSi2. The highest BCUT2D eigenvalue weighted by molar-refractivity contribution is 7.91. The van der Waals surface area contributed by atoms with Crippen LogP contribution in [-0.2, 0) is 33.0 Å². The zero-order valence-corrected chi connectivity index (χ0v) is 28.8. The van der Waals surface area contributed by atoms with Crippen molar-refractivity contribution in [3.8, 4) is 0 Å². The lowest BCUT2D eigenvalue weighted by atomic mass is 9.94. The van der Waals surface area contributed by atoms with E-state index in [1.54, 1.807) is 37.4 Å². The van der Waals surface area contributed by atoms with Gasteiger partial charge in [-0.3, -0.25) is 0 Å². The van der Waals surface area contributed by atoms with Crippen molar-refractivity contribution in [2.24, 2.45) is 5.92 Å². The van der Waals surface area contributed by atoms with Gasteiger partial charge in [0.05, 0.1) is 41.7 Å². The first-order valence-electron chi connectivity index (χ1n) is 14.0. The summed E-state index contributed by atoms with van der Waals surface area (Å²) in [5.74, 6) is -0.635. The van der Waals surface area contributed by atoms with Gasteiger partial charge in [0.15, 0.2) is 26.5 Å². The quantitative estimate of drug-likeness (QED) is 0.195. The molecular weight excluding hydrogens is 549 g/mol. The lowest BCUT2D eigenvalue weighted by Crippen LogP contribution is -2.49. The van der Waals surface area contributed by atoms with Crippen LogP contribution in [0.3, 0.4) is 0 Å². The Hall–Kier alpha value is -0.886. The first-order chi connectivity index (χ1) is 17.8. The molecule has 1 aliphatic rings. The van der Waals surface area contributed by atoms with Gasteiger partial charge in [-0.25, -0.2) is 8.42 Å². The first-order valence-corrected chi connectivity index (χ1v) is 21.4. The van der Waals surface area contributed by atoms with Crippen LogP contribution in [-0.4, -0.2) is 75.2 Å². The molecule has 1 heterocycles. The second-order valence-electron chi connectivity index (χ2n) is 13.9. The van der Waals surface area contributed by atoms with Crippen molar-refractivity contribution in [1.82, 2.24) is 0 Å². The fraction of sp³-hybridized carbons (Fsp3) is 0.759. The van der Waals surface area contributed by atoms with Gasteiger partial charge in [0.1, 0.15) is 6.29 Å². The number of carbonyl (C=O) groups is 1. The molecule has 1 aliphatic heterocycles. The zero-order chi connectivity index (χ0) is 29.9. The summed E-state index contributed by atoms with van der Waals surface area (Å²) in [4.78, 5) is 11.8. The summed E-state index contributed by atoms with van der Waals surface area (Å²) >= 11 is 0. The van der Waals surface area contributed by atoms with Gasteiger partial charge in [0.25, 0.3) is 0 Å². The van der Waals surface area contributed by atoms with Crippen LogP contribution >= 0.6 is 0 Å². The fourth-order valence-electron chi connectivity index (χ4n) is 4.43. The minimum absolute atomic E-state index is 0.00572. The van der Waals surface area contributed by atoms with Crippen molar-refractivity contribution in [1.29, 1.82) is 0 Å². The van der Waals surface area contributed by atoms with Gasteiger partial charge in [-0.1, -0.05) is 59.7 Å². The number of rotatable bonds is 13. The van der Waals surface area contributed by atoms with Crippen LogP contribution in [0.2, 0.25) is 36.3 Å². The summed E-state index contributed by atoms with van der Waals surface area (Å²) in [5.41, 5.74) is 0. The molecule has 0 amide bonds. The Kier molecular flexibility index (Phi) is 11.4. The normalized spacial score (nSPS) is 24.1. The van der Waals surface area contributed by atoms with Gasteiger partial charge < -0.3 is 23.1 Å². The average Bonchev–Trinajstić information content (AvgIpc) is 3.11. The molecule has 3 unspecified atom stereocenters. The molecule has 1 aromatic rings. The summed E-state index contributed by atoms with van der Waals surface area (Å²) in [5, 5.41) is 0.0607. The van der Waals surface area contributed by atoms with Crippen molar-refractivity contribution in [3.05, 3.63) is 30.3 Å². The van der Waals surface area contributed by atoms with Crippen LogP contribution in [0, 0.1) is 5.92 Å². The van der Waals surface area contributed by atoms with Crippen molar-refractivity contribution in [2.45, 2.75) is 120 Å². The van der Waals surface area contributed by atoms with Crippen molar-refractivity contribution >= 4 is 32.8 Å². The topological polar surface area (TPSA) is 88.1 Å². The molecule has 1 aromatic carbocycles. The molecule has 2 rings (SSSR count). The number of ether oxygens (including phenoxy) is 2. The molecule has 224 valence electrons. The molecule has 0 aromatic heterocycles. The van der Waals surface area contributed by atoms with Crippen LogP contribution < -0.4 is 0 Å². The van der Waals surface area contributed by atoms with E-state index in [4.69, 9.17) is 18.3 Å². The van der Waals surface area contributed by atoms with Crippen LogP contribution in [0.1, 0.15) is 54.4 Å². The van der Waals surface area contributed by atoms with Gasteiger partial charge in [-0.15, -0.1) is 0 Å². The molecule has 0 saturated carbocycles. The van der Waals surface area contributed by atoms with Gasteiger partial charge in [0, 0.05) is 25.9 Å².